The van der Waals surface area contributed by atoms with Crippen LogP contribution in [-0.2, 0) is 11.3 Å². The fourth-order valence-corrected chi connectivity index (χ4v) is 7.56. The maximum Gasteiger partial charge on any atom is 0.221 e. The van der Waals surface area contributed by atoms with Gasteiger partial charge in [0.25, 0.3) is 0 Å². The van der Waals surface area contributed by atoms with E-state index < -0.39 is 0 Å². The van der Waals surface area contributed by atoms with Crippen LogP contribution >= 0.6 is 0 Å². The molecule has 2 aliphatic rings. The second kappa shape index (κ2) is 18.8. The van der Waals surface area contributed by atoms with Gasteiger partial charge in [0.2, 0.25) is 17.2 Å². The molecule has 1 aliphatic heterocycles. The Morgan fingerprint density at radius 1 is 0.621 bits per heavy atom. The van der Waals surface area contributed by atoms with Gasteiger partial charge in [-0.05, 0) is 122 Å². The summed E-state index contributed by atoms with van der Waals surface area (Å²) in [5.74, 6) is -0.0658. The zero-order chi connectivity index (χ0) is 40.4. The lowest BCUT2D eigenvalue weighted by Crippen LogP contribution is -2.28. The van der Waals surface area contributed by atoms with Crippen LogP contribution in [0.4, 0.5) is 0 Å². The number of unbranched alkanes of at least 4 members (excludes halogenated alkanes) is 6. The molecule has 0 bridgehead atoms. The average molecular weight is 770 g/mol. The third-order valence-corrected chi connectivity index (χ3v) is 10.8. The molecule has 7 rings (SSSR count). The second-order valence-electron chi connectivity index (χ2n) is 15.2. The molecule has 6 heterocycles. The highest BCUT2D eigenvalue weighted by molar-refractivity contribution is 6.39. The quantitative estimate of drug-likeness (QED) is 0.0575. The highest BCUT2D eigenvalue weighted by Gasteiger charge is 2.43. The summed E-state index contributed by atoms with van der Waals surface area (Å²) >= 11 is 0. The number of aliphatic hydroxyl groups excluding tert-OH is 1. The lowest BCUT2D eigenvalue weighted by molar-refractivity contribution is -0.469. The van der Waals surface area contributed by atoms with Crippen LogP contribution in [0, 0.1) is 13.8 Å². The molecule has 0 saturated heterocycles. The van der Waals surface area contributed by atoms with Crippen LogP contribution in [0.5, 0.6) is 0 Å². The van der Waals surface area contributed by atoms with Gasteiger partial charge >= 0.3 is 0 Å². The smallest absolute Gasteiger partial charge is 0.221 e. The number of pyridine rings is 4. The Bertz CT molecular complexity index is 2490. The van der Waals surface area contributed by atoms with E-state index in [2.05, 4.69) is 67.2 Å². The van der Waals surface area contributed by atoms with Crippen LogP contribution in [-0.4, -0.2) is 52.2 Å². The van der Waals surface area contributed by atoms with E-state index in [1.807, 2.05) is 111 Å². The molecule has 5 aromatic rings. The minimum Gasteiger partial charge on any atom is -0.506 e. The minimum atomic E-state index is -0.127. The van der Waals surface area contributed by atoms with Gasteiger partial charge < -0.3 is 9.67 Å². The van der Waals surface area contributed by atoms with E-state index in [1.165, 1.54) is 0 Å². The molecule has 8 heteroatoms. The van der Waals surface area contributed by atoms with Gasteiger partial charge in [-0.15, -0.1) is 0 Å². The number of hydrogen-bond donors (Lipinski definition) is 1. The highest BCUT2D eigenvalue weighted by atomic mass is 16.3. The van der Waals surface area contributed by atoms with Crippen molar-refractivity contribution in [3.63, 3.8) is 0 Å². The fourth-order valence-electron chi connectivity index (χ4n) is 7.56. The number of nitrogens with zero attached hydrogens (tertiary/aromatic N) is 6. The topological polar surface area (TPSA) is 96.8 Å². The third-order valence-electron chi connectivity index (χ3n) is 10.8. The van der Waals surface area contributed by atoms with Gasteiger partial charge in [-0.2, -0.15) is 4.58 Å². The molecule has 0 unspecified atom stereocenters. The Kier molecular flexibility index (Phi) is 12.9. The first kappa shape index (κ1) is 39.9. The van der Waals surface area contributed by atoms with Crippen LogP contribution in [0.2, 0.25) is 0 Å². The Morgan fingerprint density at radius 3 is 1.78 bits per heavy atom. The number of carbonyl (C=O) groups is 1. The lowest BCUT2D eigenvalue weighted by atomic mass is 9.84. The first-order valence-corrected chi connectivity index (χ1v) is 20.7. The molecule has 0 saturated carbocycles. The fraction of sp³-hybridized carbons (Fsp3) is 0.280. The van der Waals surface area contributed by atoms with E-state index in [9.17, 15) is 9.90 Å². The predicted octanol–water partition coefficient (Wildman–Crippen LogP) is 11.2. The summed E-state index contributed by atoms with van der Waals surface area (Å²) in [5, 5.41) is 11.8. The zero-order valence-corrected chi connectivity index (χ0v) is 34.2. The van der Waals surface area contributed by atoms with Crippen LogP contribution in [0.3, 0.4) is 0 Å². The van der Waals surface area contributed by atoms with Gasteiger partial charge in [0.05, 0.1) is 34.0 Å². The first-order chi connectivity index (χ1) is 28.3. The van der Waals surface area contributed by atoms with E-state index in [1.54, 1.807) is 0 Å². The summed E-state index contributed by atoms with van der Waals surface area (Å²) < 4.78 is 4.37. The van der Waals surface area contributed by atoms with E-state index in [4.69, 9.17) is 0 Å². The molecular formula is C50H53N6O2+. The summed E-state index contributed by atoms with van der Waals surface area (Å²) in [4.78, 5) is 32.4. The summed E-state index contributed by atoms with van der Waals surface area (Å²) in [5.41, 5.74) is 11.8. The first-order valence-electron chi connectivity index (χ1n) is 20.7. The molecule has 294 valence electrons. The summed E-state index contributed by atoms with van der Waals surface area (Å²) in [6.07, 6.45) is 28.3. The van der Waals surface area contributed by atoms with Crippen molar-refractivity contribution < 1.29 is 14.5 Å². The largest absolute Gasteiger partial charge is 0.506 e. The summed E-state index contributed by atoms with van der Waals surface area (Å²) in [6.45, 7) is 10.0. The van der Waals surface area contributed by atoms with Crippen molar-refractivity contribution in [1.82, 2.24) is 24.5 Å². The SMILES string of the molecule is CCCCCCn1c(/C=C\c2ccnc(-c3cc(C)ccn3)c2)ccc1C1=C(O)/C(=C2/C=CC(/C=C/c3ccnc(-c4cc(C)ccn4)c3)=[N+]2CCCCCC)C1=O. The van der Waals surface area contributed by atoms with E-state index in [0.717, 1.165) is 132 Å². The van der Waals surface area contributed by atoms with Crippen LogP contribution in [0.1, 0.15) is 98.9 Å². The number of aromatic nitrogens is 5. The number of carbonyl (C=O) groups excluding carboxylic acids is 1. The molecule has 0 fully saturated rings. The molecular weight excluding hydrogens is 717 g/mol. The standard InChI is InChI=1S/C50H52N6O2/c1-5-7-9-11-29-55-39(15-13-37-23-27-53-43(33-37)41-31-35(3)21-25-51-41)17-19-45(55)47-49(57)48(50(47)58)46-20-18-40(56(46)30-12-10-8-6-2)16-14-38-24-28-54-44(34-38)42-32-36(4)22-26-52-42/h13-28,31-34H,5-12,29-30H2,1-4H3/p+1. The van der Waals surface area contributed by atoms with Crippen molar-refractivity contribution >= 4 is 35.3 Å². The van der Waals surface area contributed by atoms with Crippen molar-refractivity contribution in [3.05, 3.63) is 154 Å². The van der Waals surface area contributed by atoms with Gasteiger partial charge in [-0.3, -0.25) is 24.7 Å². The molecule has 0 amide bonds. The molecule has 58 heavy (non-hydrogen) atoms. The Hall–Kier alpha value is -6.28. The summed E-state index contributed by atoms with van der Waals surface area (Å²) in [6, 6.07) is 20.1. The number of aryl methyl sites for hydroxylation is 2. The van der Waals surface area contributed by atoms with Gasteiger partial charge in [0.15, 0.2) is 0 Å². The lowest BCUT2D eigenvalue weighted by Gasteiger charge is -2.23. The second-order valence-corrected chi connectivity index (χ2v) is 15.2. The molecule has 0 spiro atoms. The van der Waals surface area contributed by atoms with Crippen molar-refractivity contribution in [1.29, 1.82) is 0 Å². The van der Waals surface area contributed by atoms with Crippen molar-refractivity contribution in [2.75, 3.05) is 6.54 Å². The van der Waals surface area contributed by atoms with Crippen molar-refractivity contribution in [3.8, 4) is 22.8 Å². The number of aliphatic hydroxyl groups is 1. The van der Waals surface area contributed by atoms with Crippen LogP contribution < -0.4 is 0 Å². The number of Topliss-reactive ketones (excluding diaryl/α,β-unsaturated/α-hetero) is 1. The molecule has 1 aliphatic carbocycles. The number of hydrogen-bond acceptors (Lipinski definition) is 6. The van der Waals surface area contributed by atoms with E-state index in [0.29, 0.717) is 11.1 Å². The predicted molar refractivity (Wildman–Crippen MR) is 236 cm³/mol. The van der Waals surface area contributed by atoms with Crippen molar-refractivity contribution in [2.24, 2.45) is 0 Å². The molecule has 0 radical (unpaired) electrons. The van der Waals surface area contributed by atoms with Crippen LogP contribution in [0.25, 0.3) is 46.6 Å². The number of allylic oxidation sites excluding steroid dienone is 5. The molecule has 8 nitrogen and oxygen atoms in total. The normalized spacial score (nSPS) is 15.5. The van der Waals surface area contributed by atoms with Gasteiger partial charge in [-0.1, -0.05) is 52.0 Å². The average Bonchev–Trinajstić information content (AvgIpc) is 3.82. The van der Waals surface area contributed by atoms with E-state index >= 15 is 0 Å². The van der Waals surface area contributed by atoms with Gasteiger partial charge in [0, 0.05) is 61.7 Å². The Labute approximate surface area is 342 Å². The molecule has 5 aromatic heterocycles. The Morgan fingerprint density at radius 2 is 1.19 bits per heavy atom. The van der Waals surface area contributed by atoms with E-state index in [-0.39, 0.29) is 11.5 Å². The maximum absolute atomic E-state index is 14.3. The number of rotatable bonds is 17. The molecule has 0 aromatic carbocycles. The minimum absolute atomic E-state index is 0.0609. The zero-order valence-electron chi connectivity index (χ0n) is 34.2. The van der Waals surface area contributed by atoms with Gasteiger partial charge in [-0.25, -0.2) is 0 Å². The monoisotopic (exact) mass is 769 g/mol. The number of ketones is 1. The van der Waals surface area contributed by atoms with Gasteiger partial charge in [0.1, 0.15) is 17.9 Å². The molecule has 0 atom stereocenters. The van der Waals surface area contributed by atoms with Crippen molar-refractivity contribution in [2.45, 2.75) is 85.6 Å². The maximum atomic E-state index is 14.3. The summed E-state index contributed by atoms with van der Waals surface area (Å²) in [7, 11) is 0. The highest BCUT2D eigenvalue weighted by Crippen LogP contribution is 2.40. The Balaban J connectivity index is 1.20. The van der Waals surface area contributed by atoms with Crippen LogP contribution in [0.15, 0.2) is 121 Å². The third kappa shape index (κ3) is 9.13. The molecule has 1 N–H and O–H groups in total.